The van der Waals surface area contributed by atoms with Gasteiger partial charge in [0.15, 0.2) is 0 Å². The lowest BCUT2D eigenvalue weighted by Crippen LogP contribution is -1.92. The van der Waals surface area contributed by atoms with Crippen LogP contribution in [-0.2, 0) is 0 Å². The number of benzene rings is 2. The highest BCUT2D eigenvalue weighted by atomic mass is 79.9. The molecule has 0 bridgehead atoms. The smallest absolute Gasteiger partial charge is 0.133 e. The zero-order chi connectivity index (χ0) is 13.1. The van der Waals surface area contributed by atoms with Crippen LogP contribution in [0.5, 0.6) is 11.5 Å². The topological polar surface area (TPSA) is 18.5 Å². The van der Waals surface area contributed by atoms with E-state index in [2.05, 4.69) is 15.9 Å². The third-order valence-corrected chi connectivity index (χ3v) is 3.42. The summed E-state index contributed by atoms with van der Waals surface area (Å²) in [6, 6.07) is 10.2. The Morgan fingerprint density at radius 1 is 1.06 bits per heavy atom. The maximum Gasteiger partial charge on any atom is 0.133 e. The highest BCUT2D eigenvalue weighted by Crippen LogP contribution is 2.38. The molecule has 0 N–H and O–H groups in total. The summed E-state index contributed by atoms with van der Waals surface area (Å²) in [4.78, 5) is 0. The molecule has 2 nitrogen and oxygen atoms in total. The third kappa shape index (κ3) is 2.34. The Morgan fingerprint density at radius 3 is 2.50 bits per heavy atom. The molecule has 0 fully saturated rings. The largest absolute Gasteiger partial charge is 0.497 e. The molecule has 18 heavy (non-hydrogen) atoms. The number of hydrogen-bond acceptors (Lipinski definition) is 2. The van der Waals surface area contributed by atoms with Crippen LogP contribution < -0.4 is 9.47 Å². The van der Waals surface area contributed by atoms with E-state index in [1.165, 1.54) is 6.07 Å². The molecule has 0 amide bonds. The van der Waals surface area contributed by atoms with Gasteiger partial charge in [-0.3, -0.25) is 0 Å². The van der Waals surface area contributed by atoms with Crippen molar-refractivity contribution in [1.29, 1.82) is 0 Å². The van der Waals surface area contributed by atoms with Crippen molar-refractivity contribution >= 4 is 15.9 Å². The fraction of sp³-hybridized carbons (Fsp3) is 0.143. The van der Waals surface area contributed by atoms with Gasteiger partial charge < -0.3 is 9.47 Å². The molecule has 0 aliphatic carbocycles. The summed E-state index contributed by atoms with van der Waals surface area (Å²) in [5, 5.41) is 0. The first kappa shape index (κ1) is 12.9. The van der Waals surface area contributed by atoms with Gasteiger partial charge >= 0.3 is 0 Å². The summed E-state index contributed by atoms with van der Waals surface area (Å²) in [6.45, 7) is 0. The van der Waals surface area contributed by atoms with Crippen LogP contribution in [0.1, 0.15) is 0 Å². The molecule has 2 aromatic carbocycles. The van der Waals surface area contributed by atoms with Gasteiger partial charge in [0, 0.05) is 5.56 Å². The van der Waals surface area contributed by atoms with Crippen molar-refractivity contribution in [3.63, 3.8) is 0 Å². The van der Waals surface area contributed by atoms with Crippen molar-refractivity contribution in [2.75, 3.05) is 14.2 Å². The lowest BCUT2D eigenvalue weighted by atomic mass is 10.0. The van der Waals surface area contributed by atoms with Crippen molar-refractivity contribution in [2.45, 2.75) is 0 Å². The first-order valence-corrected chi connectivity index (χ1v) is 6.13. The van der Waals surface area contributed by atoms with Gasteiger partial charge in [-0.1, -0.05) is 12.1 Å². The van der Waals surface area contributed by atoms with Crippen molar-refractivity contribution < 1.29 is 13.9 Å². The summed E-state index contributed by atoms with van der Waals surface area (Å²) in [5.74, 6) is 0.965. The third-order valence-electron chi connectivity index (χ3n) is 2.63. The number of ether oxygens (including phenoxy) is 2. The van der Waals surface area contributed by atoms with Crippen LogP contribution in [0.4, 0.5) is 4.39 Å². The fourth-order valence-electron chi connectivity index (χ4n) is 1.73. The van der Waals surface area contributed by atoms with Crippen molar-refractivity contribution in [2.24, 2.45) is 0 Å². The zero-order valence-electron chi connectivity index (χ0n) is 10.0. The molecule has 0 unspecified atom stereocenters. The van der Waals surface area contributed by atoms with E-state index in [0.717, 1.165) is 5.56 Å². The first-order valence-electron chi connectivity index (χ1n) is 5.33. The molecule has 94 valence electrons. The minimum atomic E-state index is -0.309. The van der Waals surface area contributed by atoms with Crippen molar-refractivity contribution in [3.05, 3.63) is 46.7 Å². The van der Waals surface area contributed by atoms with Gasteiger partial charge in [0.1, 0.15) is 17.3 Å². The molecule has 0 aliphatic rings. The summed E-state index contributed by atoms with van der Waals surface area (Å²) >= 11 is 3.37. The van der Waals surface area contributed by atoms with Gasteiger partial charge in [0.05, 0.1) is 18.7 Å². The van der Waals surface area contributed by atoms with Crippen LogP contribution >= 0.6 is 15.9 Å². The van der Waals surface area contributed by atoms with Gasteiger partial charge in [-0.15, -0.1) is 0 Å². The number of rotatable bonds is 3. The Balaban J connectivity index is 2.62. The molecule has 0 aliphatic heterocycles. The van der Waals surface area contributed by atoms with Gasteiger partial charge in [0.25, 0.3) is 0 Å². The summed E-state index contributed by atoms with van der Waals surface area (Å²) < 4.78 is 24.9. The molecule has 0 atom stereocenters. The molecule has 0 aromatic heterocycles. The molecule has 0 saturated carbocycles. The molecule has 2 aromatic rings. The highest BCUT2D eigenvalue weighted by Gasteiger charge is 2.14. The number of halogens is 2. The molecule has 0 heterocycles. The molecular formula is C14H12BrFO2. The van der Waals surface area contributed by atoms with E-state index in [-0.39, 0.29) is 5.82 Å². The molecule has 0 saturated heterocycles. The molecule has 0 radical (unpaired) electrons. The van der Waals surface area contributed by atoms with Crippen molar-refractivity contribution in [3.8, 4) is 22.6 Å². The number of hydrogen-bond donors (Lipinski definition) is 0. The predicted molar refractivity (Wildman–Crippen MR) is 72.6 cm³/mol. The van der Waals surface area contributed by atoms with Crippen LogP contribution in [0.25, 0.3) is 11.1 Å². The monoisotopic (exact) mass is 310 g/mol. The summed E-state index contributed by atoms with van der Waals surface area (Å²) in [7, 11) is 3.13. The zero-order valence-corrected chi connectivity index (χ0v) is 11.6. The second-order valence-electron chi connectivity index (χ2n) is 3.67. The Bertz CT molecular complexity index is 570. The van der Waals surface area contributed by atoms with Crippen LogP contribution in [0.3, 0.4) is 0 Å². The molecule has 0 spiro atoms. The fourth-order valence-corrected chi connectivity index (χ4v) is 2.45. The van der Waals surface area contributed by atoms with Gasteiger partial charge in [-0.2, -0.15) is 0 Å². The maximum atomic E-state index is 14.0. The van der Waals surface area contributed by atoms with E-state index in [9.17, 15) is 4.39 Å². The van der Waals surface area contributed by atoms with E-state index in [0.29, 0.717) is 21.5 Å². The maximum absolute atomic E-state index is 14.0. The quantitative estimate of drug-likeness (QED) is 0.842. The Morgan fingerprint density at radius 2 is 1.83 bits per heavy atom. The average Bonchev–Trinajstić information content (AvgIpc) is 2.39. The lowest BCUT2D eigenvalue weighted by molar-refractivity contribution is 0.411. The van der Waals surface area contributed by atoms with Crippen LogP contribution in [0.2, 0.25) is 0 Å². The van der Waals surface area contributed by atoms with Crippen LogP contribution in [-0.4, -0.2) is 14.2 Å². The Hall–Kier alpha value is -1.55. The Labute approximate surface area is 113 Å². The van der Waals surface area contributed by atoms with Gasteiger partial charge in [-0.05, 0) is 45.8 Å². The Kier molecular flexibility index (Phi) is 3.87. The van der Waals surface area contributed by atoms with E-state index in [1.54, 1.807) is 26.4 Å². The second-order valence-corrected chi connectivity index (χ2v) is 4.46. The molecular weight excluding hydrogens is 299 g/mol. The summed E-state index contributed by atoms with van der Waals surface area (Å²) in [5.41, 5.74) is 1.20. The van der Waals surface area contributed by atoms with E-state index >= 15 is 0 Å². The average molecular weight is 311 g/mol. The number of methoxy groups -OCH3 is 2. The SMILES string of the molecule is COc1cccc(-c2c(F)ccc(OC)c2Br)c1. The second kappa shape index (κ2) is 5.40. The van der Waals surface area contributed by atoms with E-state index in [1.807, 2.05) is 18.2 Å². The lowest BCUT2D eigenvalue weighted by Gasteiger charge is -2.11. The summed E-state index contributed by atoms with van der Waals surface area (Å²) in [6.07, 6.45) is 0. The normalized spacial score (nSPS) is 10.2. The van der Waals surface area contributed by atoms with Gasteiger partial charge in [0.2, 0.25) is 0 Å². The van der Waals surface area contributed by atoms with Gasteiger partial charge in [-0.25, -0.2) is 4.39 Å². The standard InChI is InChI=1S/C14H12BrFO2/c1-17-10-5-3-4-9(8-10)13-11(16)6-7-12(18-2)14(13)15/h3-8H,1-2H3. The molecule has 4 heteroatoms. The first-order chi connectivity index (χ1) is 8.67. The minimum absolute atomic E-state index is 0.309. The van der Waals surface area contributed by atoms with Crippen molar-refractivity contribution in [1.82, 2.24) is 0 Å². The highest BCUT2D eigenvalue weighted by molar-refractivity contribution is 9.10. The van der Waals surface area contributed by atoms with Crippen LogP contribution in [0, 0.1) is 5.82 Å². The van der Waals surface area contributed by atoms with Crippen LogP contribution in [0.15, 0.2) is 40.9 Å². The predicted octanol–water partition coefficient (Wildman–Crippen LogP) is 4.27. The molecule has 2 rings (SSSR count). The van der Waals surface area contributed by atoms with E-state index < -0.39 is 0 Å². The van der Waals surface area contributed by atoms with E-state index in [4.69, 9.17) is 9.47 Å². The minimum Gasteiger partial charge on any atom is -0.497 e.